The second-order valence-corrected chi connectivity index (χ2v) is 5.72. The molecule has 2 atom stereocenters. The van der Waals surface area contributed by atoms with Crippen LogP contribution in [0.25, 0.3) is 0 Å². The van der Waals surface area contributed by atoms with E-state index < -0.39 is 23.4 Å². The first-order chi connectivity index (χ1) is 12.0. The average molecular weight is 346 g/mol. The van der Waals surface area contributed by atoms with Crippen LogP contribution in [-0.2, 0) is 9.59 Å². The highest BCUT2D eigenvalue weighted by atomic mass is 19.2. The molecule has 3 rings (SSSR count). The fourth-order valence-electron chi connectivity index (χ4n) is 2.68. The van der Waals surface area contributed by atoms with Gasteiger partial charge in [0.2, 0.25) is 0 Å². The molecule has 2 aromatic rings. The molecule has 0 unspecified atom stereocenters. The van der Waals surface area contributed by atoms with Crippen LogP contribution in [0.2, 0.25) is 0 Å². The quantitative estimate of drug-likeness (QED) is 0.836. The van der Waals surface area contributed by atoms with Crippen LogP contribution < -0.4 is 15.4 Å². The number of para-hydroxylation sites is 1. The minimum absolute atomic E-state index is 0.0544. The summed E-state index contributed by atoms with van der Waals surface area (Å²) in [5.41, 5.74) is 0.573. The van der Waals surface area contributed by atoms with Crippen LogP contribution in [0.4, 0.5) is 14.5 Å². The zero-order valence-corrected chi connectivity index (χ0v) is 13.4. The maximum atomic E-state index is 13.5. The molecule has 0 aliphatic heterocycles. The van der Waals surface area contributed by atoms with Crippen LogP contribution in [0.3, 0.4) is 0 Å². The normalized spacial score (nSPS) is 18.4. The Hall–Kier alpha value is -2.96. The summed E-state index contributed by atoms with van der Waals surface area (Å²) in [5, 5.41) is 4.66. The summed E-state index contributed by atoms with van der Waals surface area (Å²) >= 11 is 0. The first-order valence-corrected chi connectivity index (χ1v) is 7.70. The van der Waals surface area contributed by atoms with Crippen LogP contribution >= 0.6 is 0 Å². The maximum Gasteiger partial charge on any atom is 0.313 e. The molecule has 0 heterocycles. The van der Waals surface area contributed by atoms with E-state index >= 15 is 0 Å². The van der Waals surface area contributed by atoms with Crippen molar-refractivity contribution in [1.29, 1.82) is 0 Å². The molecule has 0 spiro atoms. The molecule has 0 bridgehead atoms. The van der Waals surface area contributed by atoms with Gasteiger partial charge in [-0.1, -0.05) is 24.3 Å². The van der Waals surface area contributed by atoms with Gasteiger partial charge in [-0.2, -0.15) is 0 Å². The van der Waals surface area contributed by atoms with Crippen LogP contribution in [0, 0.1) is 11.6 Å². The number of carbonyl (C=O) groups excluding carboxylic acids is 2. The van der Waals surface area contributed by atoms with Crippen LogP contribution in [0.5, 0.6) is 5.75 Å². The molecule has 2 N–H and O–H groups in total. The smallest absolute Gasteiger partial charge is 0.313 e. The number of nitrogens with one attached hydrogen (secondary N) is 2. The van der Waals surface area contributed by atoms with E-state index in [-0.39, 0.29) is 17.6 Å². The highest BCUT2D eigenvalue weighted by Crippen LogP contribution is 2.44. The number of halogens is 2. The Kier molecular flexibility index (Phi) is 4.65. The maximum absolute atomic E-state index is 13.5. The van der Waals surface area contributed by atoms with Crippen molar-refractivity contribution in [2.45, 2.75) is 18.4 Å². The number of hydrogen-bond donors (Lipinski definition) is 2. The minimum Gasteiger partial charge on any atom is -0.496 e. The van der Waals surface area contributed by atoms with Gasteiger partial charge in [-0.25, -0.2) is 8.78 Å². The summed E-state index contributed by atoms with van der Waals surface area (Å²) in [5.74, 6) is -3.48. The number of methoxy groups -OCH3 is 1. The topological polar surface area (TPSA) is 67.4 Å². The third-order valence-electron chi connectivity index (χ3n) is 4.05. The van der Waals surface area contributed by atoms with Gasteiger partial charge in [-0.05, 0) is 30.2 Å². The lowest BCUT2D eigenvalue weighted by Gasteiger charge is -2.09. The molecule has 5 nitrogen and oxygen atoms in total. The lowest BCUT2D eigenvalue weighted by Crippen LogP contribution is -2.37. The number of anilines is 1. The van der Waals surface area contributed by atoms with Gasteiger partial charge in [0.05, 0.1) is 12.8 Å². The summed E-state index contributed by atoms with van der Waals surface area (Å²) < 4.78 is 31.9. The van der Waals surface area contributed by atoms with E-state index in [1.54, 1.807) is 7.11 Å². The van der Waals surface area contributed by atoms with E-state index in [2.05, 4.69) is 10.6 Å². The third kappa shape index (κ3) is 3.60. The predicted octanol–water partition coefficient (Wildman–Crippen LogP) is 2.58. The fourth-order valence-corrected chi connectivity index (χ4v) is 2.68. The molecule has 1 aliphatic rings. The number of rotatable bonds is 4. The Morgan fingerprint density at radius 2 is 1.84 bits per heavy atom. The SMILES string of the molecule is COc1ccccc1[C@H]1C[C@@H]1NC(=O)C(=O)Nc1cccc(F)c1F. The third-order valence-corrected chi connectivity index (χ3v) is 4.05. The monoisotopic (exact) mass is 346 g/mol. The summed E-state index contributed by atoms with van der Waals surface area (Å²) in [6, 6.07) is 10.6. The van der Waals surface area contributed by atoms with Crippen molar-refractivity contribution in [2.24, 2.45) is 0 Å². The number of ether oxygens (including phenoxy) is 1. The number of carbonyl (C=O) groups is 2. The molecular formula is C18H16F2N2O3. The van der Waals surface area contributed by atoms with Crippen molar-refractivity contribution >= 4 is 17.5 Å². The van der Waals surface area contributed by atoms with E-state index in [4.69, 9.17) is 4.74 Å². The molecule has 2 aromatic carbocycles. The zero-order valence-electron chi connectivity index (χ0n) is 13.4. The Morgan fingerprint density at radius 1 is 1.08 bits per heavy atom. The molecule has 0 aromatic heterocycles. The zero-order chi connectivity index (χ0) is 18.0. The highest BCUT2D eigenvalue weighted by Gasteiger charge is 2.42. The first-order valence-electron chi connectivity index (χ1n) is 7.70. The second kappa shape index (κ2) is 6.88. The highest BCUT2D eigenvalue weighted by molar-refractivity contribution is 6.39. The van der Waals surface area contributed by atoms with Crippen molar-refractivity contribution in [3.05, 3.63) is 59.7 Å². The molecule has 1 saturated carbocycles. The fraction of sp³-hybridized carbons (Fsp3) is 0.222. The second-order valence-electron chi connectivity index (χ2n) is 5.72. The van der Waals surface area contributed by atoms with Crippen LogP contribution in [0.1, 0.15) is 17.9 Å². The number of benzene rings is 2. The molecule has 7 heteroatoms. The van der Waals surface area contributed by atoms with Crippen molar-refractivity contribution in [2.75, 3.05) is 12.4 Å². The van der Waals surface area contributed by atoms with Crippen LogP contribution in [0.15, 0.2) is 42.5 Å². The Bertz CT molecular complexity index is 826. The van der Waals surface area contributed by atoms with Crippen molar-refractivity contribution in [3.63, 3.8) is 0 Å². The van der Waals surface area contributed by atoms with E-state index in [0.29, 0.717) is 6.42 Å². The van der Waals surface area contributed by atoms with Gasteiger partial charge in [0.15, 0.2) is 11.6 Å². The Morgan fingerprint density at radius 3 is 2.60 bits per heavy atom. The van der Waals surface area contributed by atoms with Gasteiger partial charge >= 0.3 is 11.8 Å². The van der Waals surface area contributed by atoms with E-state index in [0.717, 1.165) is 17.4 Å². The molecular weight excluding hydrogens is 330 g/mol. The van der Waals surface area contributed by atoms with E-state index in [1.165, 1.54) is 12.1 Å². The lowest BCUT2D eigenvalue weighted by atomic mass is 10.1. The van der Waals surface area contributed by atoms with E-state index in [1.807, 2.05) is 24.3 Å². The Labute approximate surface area is 143 Å². The summed E-state index contributed by atoms with van der Waals surface area (Å²) in [6.07, 6.45) is 0.674. The minimum atomic E-state index is -1.21. The van der Waals surface area contributed by atoms with Crippen molar-refractivity contribution in [1.82, 2.24) is 5.32 Å². The van der Waals surface area contributed by atoms with Gasteiger partial charge in [0.25, 0.3) is 0 Å². The van der Waals surface area contributed by atoms with Gasteiger partial charge in [0, 0.05) is 12.0 Å². The average Bonchev–Trinajstić information content (AvgIpc) is 3.37. The van der Waals surface area contributed by atoms with E-state index in [9.17, 15) is 18.4 Å². The number of hydrogen-bond acceptors (Lipinski definition) is 3. The predicted molar refractivity (Wildman–Crippen MR) is 87.3 cm³/mol. The van der Waals surface area contributed by atoms with Gasteiger partial charge in [-0.3, -0.25) is 9.59 Å². The Balaban J connectivity index is 1.60. The largest absolute Gasteiger partial charge is 0.496 e. The summed E-state index contributed by atoms with van der Waals surface area (Å²) in [4.78, 5) is 23.8. The van der Waals surface area contributed by atoms with Crippen LogP contribution in [-0.4, -0.2) is 25.0 Å². The molecule has 130 valence electrons. The molecule has 2 amide bonds. The standard InChI is InChI=1S/C18H16F2N2O3/c1-25-15-8-3-2-5-10(15)11-9-14(11)22-18(24)17(23)21-13-7-4-6-12(19)16(13)20/h2-8,11,14H,9H2,1H3,(H,21,23)(H,22,24)/t11-,14+/m1/s1. The van der Waals surface area contributed by atoms with Gasteiger partial charge in [-0.15, -0.1) is 0 Å². The lowest BCUT2D eigenvalue weighted by molar-refractivity contribution is -0.136. The summed E-state index contributed by atoms with van der Waals surface area (Å²) in [6.45, 7) is 0. The molecule has 1 aliphatic carbocycles. The molecule has 0 radical (unpaired) electrons. The van der Waals surface area contributed by atoms with Crippen molar-refractivity contribution < 1.29 is 23.1 Å². The molecule has 0 saturated heterocycles. The number of amides is 2. The molecule has 25 heavy (non-hydrogen) atoms. The van der Waals surface area contributed by atoms with Gasteiger partial charge < -0.3 is 15.4 Å². The van der Waals surface area contributed by atoms with Crippen molar-refractivity contribution in [3.8, 4) is 5.75 Å². The summed E-state index contributed by atoms with van der Waals surface area (Å²) in [7, 11) is 1.57. The van der Waals surface area contributed by atoms with Gasteiger partial charge in [0.1, 0.15) is 5.75 Å². The first kappa shape index (κ1) is 16.9. The molecule has 1 fully saturated rings.